The summed E-state index contributed by atoms with van der Waals surface area (Å²) in [5.41, 5.74) is 3.97. The third kappa shape index (κ3) is 8.77. The average molecular weight is 857 g/mol. The van der Waals surface area contributed by atoms with Gasteiger partial charge in [-0.05, 0) is 84.7 Å². The zero-order valence-electron chi connectivity index (χ0n) is 30.5. The zero-order valence-corrected chi connectivity index (χ0v) is 33.6. The van der Waals surface area contributed by atoms with E-state index in [2.05, 4.69) is 31.9 Å². The summed E-state index contributed by atoms with van der Waals surface area (Å²) in [6.07, 6.45) is 6.78. The first kappa shape index (κ1) is 38.5. The number of carbonyl (C=O) groups excluding carboxylic acids is 2. The maximum atomic E-state index is 13.8. The van der Waals surface area contributed by atoms with Crippen LogP contribution in [0.1, 0.15) is 47.9 Å². The molecule has 0 fully saturated rings. The molecule has 2 heterocycles. The number of methoxy groups -OCH3 is 4. The monoisotopic (exact) mass is 854 g/mol. The Morgan fingerprint density at radius 3 is 1.24 bits per heavy atom. The molecule has 0 spiro atoms. The summed E-state index contributed by atoms with van der Waals surface area (Å²) in [7, 11) is 6.33. The van der Waals surface area contributed by atoms with E-state index >= 15 is 0 Å². The highest BCUT2D eigenvalue weighted by Gasteiger charge is 2.32. The van der Waals surface area contributed by atoms with E-state index in [-0.39, 0.29) is 11.8 Å². The van der Waals surface area contributed by atoms with Gasteiger partial charge in [0, 0.05) is 33.2 Å². The number of hydrogen-bond donors (Lipinski definition) is 0. The van der Waals surface area contributed by atoms with E-state index in [1.807, 2.05) is 72.8 Å². The summed E-state index contributed by atoms with van der Waals surface area (Å²) in [5.74, 6) is 3.27. The third-order valence-corrected chi connectivity index (χ3v) is 10.1. The number of halogens is 2. The number of rotatable bonds is 15. The van der Waals surface area contributed by atoms with Gasteiger partial charge in [0.15, 0.2) is 23.0 Å². The standard InChI is InChI=1S/C42H40Br2N4O6/c1-51-35-19-9-27(25-37(35)53-3)23-33-41(49)47(39(45-33)29-11-15-31(43)16-12-29)21-7-5-6-8-22-48-40(30-13-17-32(44)18-14-30)46-34(42(48)50)24-28-10-20-36(52-2)38(26-28)54-4/h9-20,23-26H,5-8,21-22H2,1-4H3. The predicted molar refractivity (Wildman–Crippen MR) is 218 cm³/mol. The second kappa shape index (κ2) is 17.7. The molecule has 2 aliphatic heterocycles. The lowest BCUT2D eigenvalue weighted by molar-refractivity contribution is -0.123. The number of carbonyl (C=O) groups is 2. The fourth-order valence-corrected chi connectivity index (χ4v) is 6.78. The summed E-state index contributed by atoms with van der Waals surface area (Å²) in [5, 5.41) is 0. The van der Waals surface area contributed by atoms with E-state index in [0.717, 1.165) is 56.9 Å². The van der Waals surface area contributed by atoms with Crippen molar-refractivity contribution in [3.05, 3.63) is 128 Å². The second-order valence-corrected chi connectivity index (χ2v) is 14.3. The molecule has 0 bridgehead atoms. The molecule has 0 radical (unpaired) electrons. The summed E-state index contributed by atoms with van der Waals surface area (Å²) in [6.45, 7) is 1.01. The van der Waals surface area contributed by atoms with Crippen molar-refractivity contribution in [1.82, 2.24) is 9.80 Å². The van der Waals surface area contributed by atoms with E-state index in [1.54, 1.807) is 62.5 Å². The maximum absolute atomic E-state index is 13.8. The first-order valence-corrected chi connectivity index (χ1v) is 19.0. The van der Waals surface area contributed by atoms with Crippen LogP contribution in [0, 0.1) is 0 Å². The zero-order chi connectivity index (χ0) is 38.2. The molecular weight excluding hydrogens is 816 g/mol. The van der Waals surface area contributed by atoms with Gasteiger partial charge in [0.2, 0.25) is 0 Å². The molecule has 0 saturated heterocycles. The van der Waals surface area contributed by atoms with E-state index in [4.69, 9.17) is 28.9 Å². The molecule has 54 heavy (non-hydrogen) atoms. The molecule has 12 heteroatoms. The lowest BCUT2D eigenvalue weighted by Gasteiger charge is -2.20. The number of amides is 2. The van der Waals surface area contributed by atoms with Gasteiger partial charge in [0.1, 0.15) is 23.1 Å². The normalized spacial score (nSPS) is 15.6. The second-order valence-electron chi connectivity index (χ2n) is 12.5. The molecule has 4 aromatic carbocycles. The average Bonchev–Trinajstić information content (AvgIpc) is 3.67. The lowest BCUT2D eigenvalue weighted by atomic mass is 10.1. The van der Waals surface area contributed by atoms with Crippen molar-refractivity contribution in [3.8, 4) is 23.0 Å². The Morgan fingerprint density at radius 1 is 0.519 bits per heavy atom. The van der Waals surface area contributed by atoms with E-state index in [9.17, 15) is 9.59 Å². The van der Waals surface area contributed by atoms with Crippen LogP contribution in [-0.4, -0.2) is 74.8 Å². The molecule has 4 aromatic rings. The molecule has 0 aliphatic carbocycles. The van der Waals surface area contributed by atoms with Crippen molar-refractivity contribution < 1.29 is 28.5 Å². The van der Waals surface area contributed by atoms with Crippen molar-refractivity contribution in [2.45, 2.75) is 25.7 Å². The Bertz CT molecular complexity index is 1990. The minimum Gasteiger partial charge on any atom is -0.493 e. The highest BCUT2D eigenvalue weighted by Crippen LogP contribution is 2.32. The van der Waals surface area contributed by atoms with Crippen LogP contribution in [0.15, 0.2) is 115 Å². The van der Waals surface area contributed by atoms with Gasteiger partial charge in [-0.2, -0.15) is 0 Å². The van der Waals surface area contributed by atoms with Crippen LogP contribution in [0.2, 0.25) is 0 Å². The summed E-state index contributed by atoms with van der Waals surface area (Å²) in [6, 6.07) is 26.6. The summed E-state index contributed by atoms with van der Waals surface area (Å²) < 4.78 is 23.5. The number of unbranched alkanes of at least 4 members (excludes halogenated alkanes) is 3. The summed E-state index contributed by atoms with van der Waals surface area (Å²) in [4.78, 5) is 40.7. The van der Waals surface area contributed by atoms with Crippen LogP contribution < -0.4 is 18.9 Å². The first-order chi connectivity index (χ1) is 26.2. The van der Waals surface area contributed by atoms with Crippen molar-refractivity contribution in [2.24, 2.45) is 9.98 Å². The van der Waals surface area contributed by atoms with Crippen molar-refractivity contribution in [1.29, 1.82) is 0 Å². The summed E-state index contributed by atoms with van der Waals surface area (Å²) >= 11 is 7.01. The number of amidine groups is 2. The molecule has 10 nitrogen and oxygen atoms in total. The van der Waals surface area contributed by atoms with Crippen molar-refractivity contribution >= 4 is 67.5 Å². The lowest BCUT2D eigenvalue weighted by Crippen LogP contribution is -2.34. The molecule has 278 valence electrons. The Kier molecular flexibility index (Phi) is 12.7. The van der Waals surface area contributed by atoms with Gasteiger partial charge in [0.25, 0.3) is 11.8 Å². The minimum atomic E-state index is -0.158. The van der Waals surface area contributed by atoms with Gasteiger partial charge in [-0.1, -0.05) is 81.1 Å². The molecule has 2 amide bonds. The van der Waals surface area contributed by atoms with Crippen LogP contribution in [0.4, 0.5) is 0 Å². The fraction of sp³-hybridized carbons (Fsp3) is 0.238. The maximum Gasteiger partial charge on any atom is 0.278 e. The molecule has 0 unspecified atom stereocenters. The fourth-order valence-electron chi connectivity index (χ4n) is 6.25. The van der Waals surface area contributed by atoms with E-state index in [1.165, 1.54) is 0 Å². The van der Waals surface area contributed by atoms with Gasteiger partial charge >= 0.3 is 0 Å². The highest BCUT2D eigenvalue weighted by atomic mass is 79.9. The largest absolute Gasteiger partial charge is 0.493 e. The van der Waals surface area contributed by atoms with Crippen LogP contribution in [0.25, 0.3) is 12.2 Å². The van der Waals surface area contributed by atoms with Crippen molar-refractivity contribution in [2.75, 3.05) is 41.5 Å². The number of nitrogens with zero attached hydrogens (tertiary/aromatic N) is 4. The predicted octanol–water partition coefficient (Wildman–Crippen LogP) is 8.77. The number of ether oxygens (including phenoxy) is 4. The van der Waals surface area contributed by atoms with E-state index in [0.29, 0.717) is 59.2 Å². The molecule has 0 N–H and O–H groups in total. The van der Waals surface area contributed by atoms with Gasteiger partial charge < -0.3 is 18.9 Å². The van der Waals surface area contributed by atoms with Crippen LogP contribution in [-0.2, 0) is 9.59 Å². The molecule has 0 aromatic heterocycles. The quantitative estimate of drug-likeness (QED) is 0.0876. The number of hydrogen-bond acceptors (Lipinski definition) is 8. The first-order valence-electron chi connectivity index (χ1n) is 17.4. The Labute approximate surface area is 332 Å². The third-order valence-electron chi connectivity index (χ3n) is 9.03. The Balaban J connectivity index is 1.12. The molecule has 0 atom stereocenters. The van der Waals surface area contributed by atoms with Crippen LogP contribution in [0.3, 0.4) is 0 Å². The minimum absolute atomic E-state index is 0.158. The van der Waals surface area contributed by atoms with E-state index < -0.39 is 0 Å². The Hall–Kier alpha value is -5.20. The number of benzene rings is 4. The van der Waals surface area contributed by atoms with Gasteiger partial charge in [-0.3, -0.25) is 19.4 Å². The molecular formula is C42H40Br2N4O6. The topological polar surface area (TPSA) is 102 Å². The molecule has 6 rings (SSSR count). The van der Waals surface area contributed by atoms with Crippen molar-refractivity contribution in [3.63, 3.8) is 0 Å². The molecule has 0 saturated carbocycles. The van der Waals surface area contributed by atoms with Gasteiger partial charge in [-0.15, -0.1) is 0 Å². The SMILES string of the molecule is COc1ccc(C=C2N=C(c3ccc(Br)cc3)N(CCCCCCN3C(=O)C(=Cc4ccc(OC)c(OC)c4)N=C3c3ccc(Br)cc3)C2=O)cc1OC. The van der Waals surface area contributed by atoms with Gasteiger partial charge in [-0.25, -0.2) is 9.98 Å². The van der Waals surface area contributed by atoms with Crippen LogP contribution >= 0.6 is 31.9 Å². The number of aliphatic imine (C=N–C) groups is 2. The highest BCUT2D eigenvalue weighted by molar-refractivity contribution is 9.10. The van der Waals surface area contributed by atoms with Crippen LogP contribution in [0.5, 0.6) is 23.0 Å². The van der Waals surface area contributed by atoms with Gasteiger partial charge in [0.05, 0.1) is 28.4 Å². The smallest absolute Gasteiger partial charge is 0.278 e. The Morgan fingerprint density at radius 2 is 0.889 bits per heavy atom. The molecule has 2 aliphatic rings.